The van der Waals surface area contributed by atoms with Crippen molar-refractivity contribution in [3.63, 3.8) is 0 Å². The standard InChI is InChI=1S/C9H8ClIN4/c10-7-1-2-8(11)6(3-7)4-15-5-9(12)13-14-15/h1-3,5H,4,12H2. The van der Waals surface area contributed by atoms with E-state index in [-0.39, 0.29) is 0 Å². The molecule has 78 valence electrons. The van der Waals surface area contributed by atoms with Gasteiger partial charge in [-0.25, -0.2) is 4.68 Å². The molecule has 0 aliphatic heterocycles. The van der Waals surface area contributed by atoms with Gasteiger partial charge in [0.15, 0.2) is 5.82 Å². The minimum absolute atomic E-state index is 0.423. The fourth-order valence-corrected chi connectivity index (χ4v) is 1.93. The van der Waals surface area contributed by atoms with Crippen LogP contribution in [0.2, 0.25) is 5.02 Å². The van der Waals surface area contributed by atoms with E-state index in [0.717, 1.165) is 14.2 Å². The third-order valence-corrected chi connectivity index (χ3v) is 3.18. The molecule has 0 radical (unpaired) electrons. The van der Waals surface area contributed by atoms with Gasteiger partial charge in [-0.3, -0.25) is 0 Å². The second-order valence-corrected chi connectivity index (χ2v) is 4.68. The van der Waals surface area contributed by atoms with Crippen molar-refractivity contribution in [3.05, 3.63) is 38.6 Å². The van der Waals surface area contributed by atoms with Crippen LogP contribution >= 0.6 is 34.2 Å². The smallest absolute Gasteiger partial charge is 0.165 e. The monoisotopic (exact) mass is 334 g/mol. The second-order valence-electron chi connectivity index (χ2n) is 3.08. The van der Waals surface area contributed by atoms with Crippen LogP contribution in [-0.2, 0) is 6.54 Å². The maximum Gasteiger partial charge on any atom is 0.165 e. The summed E-state index contributed by atoms with van der Waals surface area (Å²) in [6.07, 6.45) is 1.69. The van der Waals surface area contributed by atoms with Crippen LogP contribution in [0.5, 0.6) is 0 Å². The maximum atomic E-state index is 5.91. The Balaban J connectivity index is 2.27. The molecule has 2 aromatic rings. The molecule has 0 fully saturated rings. The van der Waals surface area contributed by atoms with Crippen LogP contribution in [0.4, 0.5) is 5.82 Å². The Morgan fingerprint density at radius 3 is 2.93 bits per heavy atom. The molecule has 0 saturated heterocycles. The van der Waals surface area contributed by atoms with E-state index < -0.39 is 0 Å². The largest absolute Gasteiger partial charge is 0.381 e. The molecule has 15 heavy (non-hydrogen) atoms. The number of hydrogen-bond acceptors (Lipinski definition) is 3. The predicted octanol–water partition coefficient (Wildman–Crippen LogP) is 2.17. The zero-order chi connectivity index (χ0) is 10.8. The first-order valence-corrected chi connectivity index (χ1v) is 5.70. The lowest BCUT2D eigenvalue weighted by atomic mass is 10.2. The van der Waals surface area contributed by atoms with Gasteiger partial charge in [0, 0.05) is 8.59 Å². The van der Waals surface area contributed by atoms with Crippen molar-refractivity contribution in [3.8, 4) is 0 Å². The predicted molar refractivity (Wildman–Crippen MR) is 67.7 cm³/mol. The number of benzene rings is 1. The Morgan fingerprint density at radius 2 is 2.27 bits per heavy atom. The van der Waals surface area contributed by atoms with E-state index in [9.17, 15) is 0 Å². The van der Waals surface area contributed by atoms with Gasteiger partial charge in [0.05, 0.1) is 12.7 Å². The van der Waals surface area contributed by atoms with Crippen LogP contribution in [-0.4, -0.2) is 15.0 Å². The summed E-state index contributed by atoms with van der Waals surface area (Å²) in [7, 11) is 0. The lowest BCUT2D eigenvalue weighted by Gasteiger charge is -2.04. The normalized spacial score (nSPS) is 10.5. The molecule has 4 nitrogen and oxygen atoms in total. The van der Waals surface area contributed by atoms with E-state index in [2.05, 4.69) is 32.9 Å². The Hall–Kier alpha value is -0.820. The summed E-state index contributed by atoms with van der Waals surface area (Å²) in [6, 6.07) is 5.75. The highest BCUT2D eigenvalue weighted by Gasteiger charge is 2.03. The third-order valence-electron chi connectivity index (χ3n) is 1.90. The van der Waals surface area contributed by atoms with Gasteiger partial charge in [0.25, 0.3) is 0 Å². The first kappa shape index (κ1) is 10.7. The van der Waals surface area contributed by atoms with E-state index in [1.54, 1.807) is 10.9 Å². The number of anilines is 1. The SMILES string of the molecule is Nc1cn(Cc2cc(Cl)ccc2I)nn1. The molecule has 1 aromatic heterocycles. The molecular formula is C9H8ClIN4. The Morgan fingerprint density at radius 1 is 1.47 bits per heavy atom. The van der Waals surface area contributed by atoms with E-state index in [1.165, 1.54) is 0 Å². The molecule has 2 rings (SSSR count). The minimum atomic E-state index is 0.423. The molecule has 0 aliphatic rings. The van der Waals surface area contributed by atoms with Gasteiger partial charge in [0.1, 0.15) is 0 Å². The van der Waals surface area contributed by atoms with Crippen molar-refractivity contribution in [2.45, 2.75) is 6.54 Å². The highest BCUT2D eigenvalue weighted by Crippen LogP contribution is 2.18. The molecule has 0 bridgehead atoms. The fraction of sp³-hybridized carbons (Fsp3) is 0.111. The highest BCUT2D eigenvalue weighted by molar-refractivity contribution is 14.1. The second kappa shape index (κ2) is 4.36. The average molecular weight is 335 g/mol. The molecule has 0 atom stereocenters. The van der Waals surface area contributed by atoms with E-state index in [4.69, 9.17) is 17.3 Å². The molecule has 1 aromatic carbocycles. The van der Waals surface area contributed by atoms with Crippen molar-refractivity contribution in [2.75, 3.05) is 5.73 Å². The van der Waals surface area contributed by atoms with Gasteiger partial charge >= 0.3 is 0 Å². The van der Waals surface area contributed by atoms with E-state index >= 15 is 0 Å². The number of nitrogens with two attached hydrogens (primary N) is 1. The summed E-state index contributed by atoms with van der Waals surface area (Å²) in [6.45, 7) is 0.628. The van der Waals surface area contributed by atoms with Gasteiger partial charge < -0.3 is 5.73 Å². The summed E-state index contributed by atoms with van der Waals surface area (Å²) >= 11 is 8.17. The number of rotatable bonds is 2. The van der Waals surface area contributed by atoms with Crippen LogP contribution in [0.3, 0.4) is 0 Å². The first-order chi connectivity index (χ1) is 7.15. The molecule has 0 saturated carbocycles. The van der Waals surface area contributed by atoms with Gasteiger partial charge in [-0.15, -0.1) is 5.10 Å². The molecule has 0 spiro atoms. The summed E-state index contributed by atoms with van der Waals surface area (Å²) in [5, 5.41) is 8.32. The summed E-state index contributed by atoms with van der Waals surface area (Å²) in [5.41, 5.74) is 6.58. The molecule has 0 aliphatic carbocycles. The van der Waals surface area contributed by atoms with Gasteiger partial charge in [0.2, 0.25) is 0 Å². The average Bonchev–Trinajstić information content (AvgIpc) is 2.58. The Bertz CT molecular complexity index is 483. The molecule has 0 unspecified atom stereocenters. The Labute approximate surface area is 106 Å². The number of aromatic nitrogens is 3. The van der Waals surface area contributed by atoms with E-state index in [0.29, 0.717) is 12.4 Å². The lowest BCUT2D eigenvalue weighted by Crippen LogP contribution is -2.02. The number of nitrogens with zero attached hydrogens (tertiary/aromatic N) is 3. The van der Waals surface area contributed by atoms with Crippen LogP contribution in [0.25, 0.3) is 0 Å². The molecule has 1 heterocycles. The third kappa shape index (κ3) is 2.60. The fourth-order valence-electron chi connectivity index (χ4n) is 1.23. The Kier molecular flexibility index (Phi) is 3.11. The van der Waals surface area contributed by atoms with Crippen molar-refractivity contribution >= 4 is 40.0 Å². The van der Waals surface area contributed by atoms with Gasteiger partial charge in [-0.05, 0) is 46.4 Å². The molecule has 6 heteroatoms. The minimum Gasteiger partial charge on any atom is -0.381 e. The van der Waals surface area contributed by atoms with Crippen LogP contribution in [0.15, 0.2) is 24.4 Å². The number of hydrogen-bond donors (Lipinski definition) is 1. The summed E-state index contributed by atoms with van der Waals surface area (Å²) < 4.78 is 2.83. The molecule has 2 N–H and O–H groups in total. The zero-order valence-corrected chi connectivity index (χ0v) is 10.6. The van der Waals surface area contributed by atoms with Crippen molar-refractivity contribution in [2.24, 2.45) is 0 Å². The highest BCUT2D eigenvalue weighted by atomic mass is 127. The van der Waals surface area contributed by atoms with Crippen LogP contribution in [0.1, 0.15) is 5.56 Å². The van der Waals surface area contributed by atoms with Crippen molar-refractivity contribution < 1.29 is 0 Å². The van der Waals surface area contributed by atoms with Crippen molar-refractivity contribution in [1.82, 2.24) is 15.0 Å². The van der Waals surface area contributed by atoms with Crippen molar-refractivity contribution in [1.29, 1.82) is 0 Å². The van der Waals surface area contributed by atoms with Gasteiger partial charge in [-0.1, -0.05) is 16.8 Å². The van der Waals surface area contributed by atoms with Gasteiger partial charge in [-0.2, -0.15) is 0 Å². The summed E-state index contributed by atoms with van der Waals surface area (Å²) in [5.74, 6) is 0.423. The number of halogens is 2. The topological polar surface area (TPSA) is 56.7 Å². The maximum absolute atomic E-state index is 5.91. The first-order valence-electron chi connectivity index (χ1n) is 4.24. The number of nitrogen functional groups attached to an aromatic ring is 1. The quantitative estimate of drug-likeness (QED) is 0.856. The summed E-state index contributed by atoms with van der Waals surface area (Å²) in [4.78, 5) is 0. The lowest BCUT2D eigenvalue weighted by molar-refractivity contribution is 0.648. The van der Waals surface area contributed by atoms with Crippen LogP contribution in [0, 0.1) is 3.57 Å². The molecular weight excluding hydrogens is 326 g/mol. The van der Waals surface area contributed by atoms with E-state index in [1.807, 2.05) is 18.2 Å². The van der Waals surface area contributed by atoms with Crippen LogP contribution < -0.4 is 5.73 Å². The zero-order valence-electron chi connectivity index (χ0n) is 7.69. The molecule has 0 amide bonds.